The van der Waals surface area contributed by atoms with Crippen LogP contribution in [0.2, 0.25) is 0 Å². The zero-order valence-corrected chi connectivity index (χ0v) is 7.09. The Morgan fingerprint density at radius 1 is 1.64 bits per heavy atom. The maximum Gasteiger partial charge on any atom is 0.128 e. The lowest BCUT2D eigenvalue weighted by Crippen LogP contribution is -2.45. The third-order valence-electron chi connectivity index (χ3n) is 2.47. The number of likely N-dealkylation sites (tertiary alicyclic amines) is 1. The van der Waals surface area contributed by atoms with Crippen molar-refractivity contribution in [3.05, 3.63) is 0 Å². The maximum atomic E-state index is 13.1. The zero-order chi connectivity index (χ0) is 8.27. The van der Waals surface area contributed by atoms with Crippen molar-refractivity contribution in [2.75, 3.05) is 20.1 Å². The van der Waals surface area contributed by atoms with Gasteiger partial charge in [-0.3, -0.25) is 0 Å². The Morgan fingerprint density at radius 3 is 2.91 bits per heavy atom. The van der Waals surface area contributed by atoms with Crippen LogP contribution in [0.15, 0.2) is 0 Å². The second-order valence-corrected chi connectivity index (χ2v) is 3.30. The van der Waals surface area contributed by atoms with Gasteiger partial charge in [-0.1, -0.05) is 6.42 Å². The van der Waals surface area contributed by atoms with Crippen molar-refractivity contribution in [2.45, 2.75) is 31.5 Å². The van der Waals surface area contributed by atoms with E-state index in [-0.39, 0.29) is 12.6 Å². The first-order valence-electron chi connectivity index (χ1n) is 4.30. The summed E-state index contributed by atoms with van der Waals surface area (Å²) in [6.07, 6.45) is 2.48. The van der Waals surface area contributed by atoms with E-state index in [0.717, 1.165) is 19.4 Å². The van der Waals surface area contributed by atoms with E-state index in [1.165, 1.54) is 6.42 Å². The zero-order valence-electron chi connectivity index (χ0n) is 7.09. The summed E-state index contributed by atoms with van der Waals surface area (Å²) in [4.78, 5) is 2.08. The van der Waals surface area contributed by atoms with E-state index in [4.69, 9.17) is 5.73 Å². The SMILES string of the molecule is CN1CCCCC1C(F)CN. The molecular weight excluding hydrogens is 143 g/mol. The molecule has 11 heavy (non-hydrogen) atoms. The van der Waals surface area contributed by atoms with Crippen molar-refractivity contribution >= 4 is 0 Å². The third-order valence-corrected chi connectivity index (χ3v) is 2.47. The molecule has 0 aromatic rings. The predicted octanol–water partition coefficient (Wildman–Crippen LogP) is 0.767. The van der Waals surface area contributed by atoms with Crippen LogP contribution in [-0.2, 0) is 0 Å². The standard InChI is InChI=1S/C8H17FN2/c1-11-5-3-2-4-8(11)7(9)6-10/h7-8H,2-6,10H2,1H3. The van der Waals surface area contributed by atoms with Gasteiger partial charge in [-0.25, -0.2) is 4.39 Å². The Morgan fingerprint density at radius 2 is 2.36 bits per heavy atom. The van der Waals surface area contributed by atoms with Gasteiger partial charge in [0.1, 0.15) is 6.17 Å². The van der Waals surface area contributed by atoms with Crippen LogP contribution in [0.4, 0.5) is 4.39 Å². The second-order valence-electron chi connectivity index (χ2n) is 3.30. The minimum absolute atomic E-state index is 0.0775. The summed E-state index contributed by atoms with van der Waals surface area (Å²) in [6, 6.07) is 0.0775. The number of rotatable bonds is 2. The molecule has 0 aromatic carbocycles. The third kappa shape index (κ3) is 2.14. The molecule has 0 radical (unpaired) electrons. The molecule has 1 saturated heterocycles. The van der Waals surface area contributed by atoms with E-state index in [1.807, 2.05) is 7.05 Å². The minimum Gasteiger partial charge on any atom is -0.328 e. The Labute approximate surface area is 67.6 Å². The van der Waals surface area contributed by atoms with Gasteiger partial charge < -0.3 is 10.6 Å². The van der Waals surface area contributed by atoms with E-state index >= 15 is 0 Å². The Kier molecular flexibility index (Phi) is 3.27. The van der Waals surface area contributed by atoms with E-state index < -0.39 is 6.17 Å². The van der Waals surface area contributed by atoms with E-state index in [1.54, 1.807) is 0 Å². The highest BCUT2D eigenvalue weighted by Crippen LogP contribution is 2.18. The summed E-state index contributed by atoms with van der Waals surface area (Å²) in [7, 11) is 1.98. The van der Waals surface area contributed by atoms with Gasteiger partial charge in [0.15, 0.2) is 0 Å². The van der Waals surface area contributed by atoms with Gasteiger partial charge in [0, 0.05) is 12.6 Å². The van der Waals surface area contributed by atoms with Gasteiger partial charge in [-0.05, 0) is 26.4 Å². The Hall–Kier alpha value is -0.150. The van der Waals surface area contributed by atoms with Gasteiger partial charge in [0.2, 0.25) is 0 Å². The average Bonchev–Trinajstić information content (AvgIpc) is 2.04. The molecule has 0 aromatic heterocycles. The number of alkyl halides is 1. The second kappa shape index (κ2) is 4.02. The highest BCUT2D eigenvalue weighted by atomic mass is 19.1. The molecule has 1 aliphatic heterocycles. The number of piperidine rings is 1. The van der Waals surface area contributed by atoms with Crippen LogP contribution < -0.4 is 5.73 Å². The summed E-state index contributed by atoms with van der Waals surface area (Å²) < 4.78 is 13.1. The molecule has 2 atom stereocenters. The first-order valence-corrected chi connectivity index (χ1v) is 4.30. The van der Waals surface area contributed by atoms with Crippen LogP contribution in [0, 0.1) is 0 Å². The monoisotopic (exact) mass is 160 g/mol. The molecule has 1 heterocycles. The molecule has 3 heteroatoms. The highest BCUT2D eigenvalue weighted by molar-refractivity contribution is 4.81. The van der Waals surface area contributed by atoms with Crippen LogP contribution in [0.3, 0.4) is 0 Å². The van der Waals surface area contributed by atoms with Gasteiger partial charge in [-0.2, -0.15) is 0 Å². The van der Waals surface area contributed by atoms with Gasteiger partial charge in [0.25, 0.3) is 0 Å². The van der Waals surface area contributed by atoms with E-state index in [2.05, 4.69) is 4.90 Å². The van der Waals surface area contributed by atoms with Crippen molar-refractivity contribution in [1.29, 1.82) is 0 Å². The molecule has 1 fully saturated rings. The lowest BCUT2D eigenvalue weighted by atomic mass is 9.99. The van der Waals surface area contributed by atoms with Crippen LogP contribution in [0.5, 0.6) is 0 Å². The van der Waals surface area contributed by atoms with Crippen LogP contribution in [-0.4, -0.2) is 37.3 Å². The fourth-order valence-electron chi connectivity index (χ4n) is 1.71. The smallest absolute Gasteiger partial charge is 0.128 e. The van der Waals surface area contributed by atoms with Gasteiger partial charge >= 0.3 is 0 Å². The Bertz CT molecular complexity index is 115. The number of hydrogen-bond donors (Lipinski definition) is 1. The first-order chi connectivity index (χ1) is 5.25. The quantitative estimate of drug-likeness (QED) is 0.646. The van der Waals surface area contributed by atoms with Crippen LogP contribution >= 0.6 is 0 Å². The number of nitrogens with zero attached hydrogens (tertiary/aromatic N) is 1. The summed E-state index contributed by atoms with van der Waals surface area (Å²) in [5.74, 6) is 0. The average molecular weight is 160 g/mol. The Balaban J connectivity index is 2.40. The predicted molar refractivity (Wildman–Crippen MR) is 44.2 cm³/mol. The van der Waals surface area contributed by atoms with E-state index in [0.29, 0.717) is 0 Å². The van der Waals surface area contributed by atoms with Gasteiger partial charge in [0.05, 0.1) is 0 Å². The van der Waals surface area contributed by atoms with Crippen molar-refractivity contribution in [2.24, 2.45) is 5.73 Å². The molecule has 0 spiro atoms. The van der Waals surface area contributed by atoms with Crippen molar-refractivity contribution < 1.29 is 4.39 Å². The van der Waals surface area contributed by atoms with Crippen molar-refractivity contribution in [3.63, 3.8) is 0 Å². The van der Waals surface area contributed by atoms with Crippen molar-refractivity contribution in [3.8, 4) is 0 Å². The molecule has 0 bridgehead atoms. The first kappa shape index (κ1) is 8.94. The highest BCUT2D eigenvalue weighted by Gasteiger charge is 2.25. The molecule has 0 amide bonds. The maximum absolute atomic E-state index is 13.1. The molecule has 2 nitrogen and oxygen atoms in total. The molecule has 1 rings (SSSR count). The van der Waals surface area contributed by atoms with Gasteiger partial charge in [-0.15, -0.1) is 0 Å². The number of halogens is 1. The topological polar surface area (TPSA) is 29.3 Å². The molecular formula is C8H17FN2. The molecule has 0 aliphatic carbocycles. The molecule has 2 N–H and O–H groups in total. The fourth-order valence-corrected chi connectivity index (χ4v) is 1.71. The molecule has 0 saturated carbocycles. The largest absolute Gasteiger partial charge is 0.328 e. The van der Waals surface area contributed by atoms with Crippen LogP contribution in [0.25, 0.3) is 0 Å². The summed E-state index contributed by atoms with van der Waals surface area (Å²) in [5, 5.41) is 0. The number of hydrogen-bond acceptors (Lipinski definition) is 2. The lowest BCUT2D eigenvalue weighted by Gasteiger charge is -2.34. The fraction of sp³-hybridized carbons (Fsp3) is 1.00. The summed E-state index contributed by atoms with van der Waals surface area (Å²) in [6.45, 7) is 1.18. The number of nitrogens with two attached hydrogens (primary N) is 1. The molecule has 1 aliphatic rings. The normalized spacial score (nSPS) is 30.3. The van der Waals surface area contributed by atoms with Crippen molar-refractivity contribution in [1.82, 2.24) is 4.90 Å². The van der Waals surface area contributed by atoms with Crippen LogP contribution in [0.1, 0.15) is 19.3 Å². The lowest BCUT2D eigenvalue weighted by molar-refractivity contribution is 0.104. The van der Waals surface area contributed by atoms with E-state index in [9.17, 15) is 4.39 Å². The summed E-state index contributed by atoms with van der Waals surface area (Å²) >= 11 is 0. The summed E-state index contributed by atoms with van der Waals surface area (Å²) in [5.41, 5.74) is 5.26. The molecule has 2 unspecified atom stereocenters. The minimum atomic E-state index is -0.833. The molecule has 66 valence electrons.